The van der Waals surface area contributed by atoms with Crippen LogP contribution in [-0.4, -0.2) is 37.8 Å². The molecular formula is C36H26O2Se2. The van der Waals surface area contributed by atoms with Crippen molar-refractivity contribution < 1.29 is 9.59 Å². The van der Waals surface area contributed by atoms with Gasteiger partial charge >= 0.3 is 247 Å². The van der Waals surface area contributed by atoms with E-state index in [1.807, 2.05) is 84.9 Å². The van der Waals surface area contributed by atoms with Crippen LogP contribution in [0, 0.1) is 0 Å². The van der Waals surface area contributed by atoms with Crippen LogP contribution in [0.2, 0.25) is 0 Å². The fourth-order valence-electron chi connectivity index (χ4n) is 5.36. The molecule has 0 aliphatic heterocycles. The summed E-state index contributed by atoms with van der Waals surface area (Å²) < 4.78 is 1.63. The zero-order chi connectivity index (χ0) is 27.4. The van der Waals surface area contributed by atoms with Crippen molar-refractivity contribution >= 4 is 37.8 Å². The fraction of sp³-hybridized carbons (Fsp3) is 0.0556. The number of hydrogen-bond donors (Lipinski definition) is 0. The number of rotatable bonds is 7. The number of carbonyl (C=O) groups excluding carboxylic acids is 2. The molecule has 4 heteroatoms. The van der Waals surface area contributed by atoms with Gasteiger partial charge in [0, 0.05) is 0 Å². The molecule has 0 unspecified atom stereocenters. The molecule has 194 valence electrons. The van der Waals surface area contributed by atoms with Crippen LogP contribution in [0.25, 0.3) is 0 Å². The Bertz CT molecular complexity index is 1450. The molecule has 0 spiro atoms. The van der Waals surface area contributed by atoms with Gasteiger partial charge < -0.3 is 0 Å². The second-order valence-corrected chi connectivity index (χ2v) is 16.0. The number of hydrogen-bond acceptors (Lipinski definition) is 2. The van der Waals surface area contributed by atoms with Gasteiger partial charge in [0.15, 0.2) is 0 Å². The predicted octanol–water partition coefficient (Wildman–Crippen LogP) is 6.33. The van der Waals surface area contributed by atoms with Crippen LogP contribution < -0.4 is 0 Å². The van der Waals surface area contributed by atoms with E-state index in [0.29, 0.717) is 0 Å². The van der Waals surface area contributed by atoms with E-state index in [1.165, 1.54) is 0 Å². The van der Waals surface area contributed by atoms with E-state index < -0.39 is 10.8 Å². The second kappa shape index (κ2) is 11.4. The maximum atomic E-state index is 13.2. The van der Waals surface area contributed by atoms with Gasteiger partial charge in [-0.15, -0.1) is 0 Å². The van der Waals surface area contributed by atoms with Crippen molar-refractivity contribution in [1.82, 2.24) is 0 Å². The average Bonchev–Trinajstić information content (AvgIpc) is 3.03. The van der Waals surface area contributed by atoms with Crippen LogP contribution in [0.4, 0.5) is 0 Å². The summed E-state index contributed by atoms with van der Waals surface area (Å²) in [5, 5.41) is 0. The van der Waals surface area contributed by atoms with Crippen molar-refractivity contribution in [3.8, 4) is 0 Å². The quantitative estimate of drug-likeness (QED) is 0.220. The van der Waals surface area contributed by atoms with Crippen molar-refractivity contribution in [2.75, 3.05) is 0 Å². The molecule has 40 heavy (non-hydrogen) atoms. The first-order chi connectivity index (χ1) is 19.6. The van der Waals surface area contributed by atoms with Gasteiger partial charge in [-0.2, -0.15) is 0 Å². The van der Waals surface area contributed by atoms with Crippen molar-refractivity contribution in [2.24, 2.45) is 0 Å². The molecule has 2 nitrogen and oxygen atoms in total. The van der Waals surface area contributed by atoms with Crippen molar-refractivity contribution in [2.45, 2.75) is 10.8 Å². The van der Waals surface area contributed by atoms with Crippen LogP contribution in [-0.2, 0) is 20.4 Å². The second-order valence-electron chi connectivity index (χ2n) is 9.78. The van der Waals surface area contributed by atoms with Gasteiger partial charge in [0.25, 0.3) is 0 Å². The molecule has 4 aromatic carbocycles. The van der Waals surface area contributed by atoms with Gasteiger partial charge in [0.2, 0.25) is 0 Å². The summed E-state index contributed by atoms with van der Waals surface area (Å²) in [6.45, 7) is 0. The van der Waals surface area contributed by atoms with Crippen LogP contribution in [0.15, 0.2) is 167 Å². The Hall–Kier alpha value is -3.78. The molecule has 0 aromatic heterocycles. The van der Waals surface area contributed by atoms with E-state index in [0.717, 1.165) is 31.2 Å². The molecule has 6 rings (SSSR count). The minimum atomic E-state index is -0.522. The molecule has 0 heterocycles. The standard InChI is InChI=1S/C36H26O2Se2/c37-31-21-23-35(27-13-5-1-6-14-27,28-15-7-2-8-16-28)25-33(31)39-40-34-26-36(24-22-32(34)38,29-17-9-3-10-18-29)30-19-11-4-12-20-30/h1-26H. The van der Waals surface area contributed by atoms with Crippen molar-refractivity contribution in [3.63, 3.8) is 0 Å². The van der Waals surface area contributed by atoms with Gasteiger partial charge in [0.05, 0.1) is 0 Å². The Labute approximate surface area is 246 Å². The Balaban J connectivity index is 1.39. The summed E-state index contributed by atoms with van der Waals surface area (Å²) in [5.41, 5.74) is 3.43. The van der Waals surface area contributed by atoms with Gasteiger partial charge in [0.1, 0.15) is 0 Å². The molecule has 2 aliphatic rings. The first-order valence-corrected chi connectivity index (χ1v) is 19.1. The van der Waals surface area contributed by atoms with Crippen LogP contribution in [0.3, 0.4) is 0 Å². The van der Waals surface area contributed by atoms with E-state index in [2.05, 4.69) is 60.7 Å². The van der Waals surface area contributed by atoms with Gasteiger partial charge in [-0.3, -0.25) is 0 Å². The Morgan fingerprint density at radius 3 is 0.950 bits per heavy atom. The number of carbonyl (C=O) groups is 2. The normalized spacial score (nSPS) is 17.3. The molecular weight excluding hydrogens is 622 g/mol. The number of allylic oxidation sites excluding steroid dienone is 8. The summed E-state index contributed by atoms with van der Waals surface area (Å²) >= 11 is -0.342. The molecule has 0 atom stereocenters. The van der Waals surface area contributed by atoms with Crippen LogP contribution in [0.5, 0.6) is 0 Å². The average molecular weight is 649 g/mol. The molecule has 0 bridgehead atoms. The third-order valence-corrected chi connectivity index (χ3v) is 14.5. The summed E-state index contributed by atoms with van der Waals surface area (Å²) in [4.78, 5) is 26.4. The molecule has 4 aromatic rings. The Morgan fingerprint density at radius 1 is 0.400 bits per heavy atom. The number of ketones is 2. The third-order valence-electron chi connectivity index (χ3n) is 7.43. The van der Waals surface area contributed by atoms with E-state index in [9.17, 15) is 9.59 Å². The van der Waals surface area contributed by atoms with E-state index in [4.69, 9.17) is 0 Å². The fourth-order valence-corrected chi connectivity index (χ4v) is 12.1. The monoisotopic (exact) mass is 650 g/mol. The molecule has 0 fully saturated rings. The van der Waals surface area contributed by atoms with Gasteiger partial charge in [-0.1, -0.05) is 0 Å². The Kier molecular flexibility index (Phi) is 7.52. The zero-order valence-corrected chi connectivity index (χ0v) is 25.1. The van der Waals surface area contributed by atoms with Gasteiger partial charge in [-0.25, -0.2) is 0 Å². The molecule has 2 aliphatic carbocycles. The van der Waals surface area contributed by atoms with Crippen LogP contribution >= 0.6 is 0 Å². The predicted molar refractivity (Wildman–Crippen MR) is 163 cm³/mol. The van der Waals surface area contributed by atoms with Crippen LogP contribution in [0.1, 0.15) is 22.3 Å². The molecule has 0 radical (unpaired) electrons. The third kappa shape index (κ3) is 4.96. The molecule has 0 N–H and O–H groups in total. The van der Waals surface area contributed by atoms with E-state index in [-0.39, 0.29) is 37.8 Å². The van der Waals surface area contributed by atoms with E-state index >= 15 is 0 Å². The molecule has 0 saturated carbocycles. The first-order valence-electron chi connectivity index (χ1n) is 13.1. The molecule has 0 amide bonds. The van der Waals surface area contributed by atoms with E-state index in [1.54, 1.807) is 12.2 Å². The molecule has 0 saturated heterocycles. The SMILES string of the molecule is O=C1C=CC(c2ccccc2)(c2ccccc2)C=C1[Se][Se]C1=CC(c2ccccc2)(c2ccccc2)C=CC1=O. The summed E-state index contributed by atoms with van der Waals surface area (Å²) in [6, 6.07) is 41.3. The summed E-state index contributed by atoms with van der Waals surface area (Å²) in [7, 11) is 0. The minimum absolute atomic E-state index is 0.0427. The van der Waals surface area contributed by atoms with Gasteiger partial charge in [-0.05, 0) is 0 Å². The zero-order valence-electron chi connectivity index (χ0n) is 21.6. The van der Waals surface area contributed by atoms with Crippen molar-refractivity contribution in [3.05, 3.63) is 189 Å². The first kappa shape index (κ1) is 26.4. The Morgan fingerprint density at radius 2 is 0.675 bits per heavy atom. The van der Waals surface area contributed by atoms with Crippen molar-refractivity contribution in [1.29, 1.82) is 0 Å². The number of benzene rings is 4. The summed E-state index contributed by atoms with van der Waals surface area (Å²) in [5.74, 6) is 0.0855. The maximum absolute atomic E-state index is 13.2. The summed E-state index contributed by atoms with van der Waals surface area (Å²) in [6.07, 6.45) is 11.8. The topological polar surface area (TPSA) is 34.1 Å².